The van der Waals surface area contributed by atoms with Crippen molar-refractivity contribution in [3.63, 3.8) is 0 Å². The number of carboxylic acid groups (broad SMARTS) is 1. The molecule has 0 unspecified atom stereocenters. The van der Waals surface area contributed by atoms with E-state index in [4.69, 9.17) is 17.3 Å². The first-order chi connectivity index (χ1) is 12.1. The molecule has 0 spiro atoms. The van der Waals surface area contributed by atoms with E-state index in [2.05, 4.69) is 15.9 Å². The molecule has 0 atom stereocenters. The Balaban J connectivity index is 2.59. The van der Waals surface area contributed by atoms with Crippen LogP contribution < -0.4 is 11.2 Å². The maximum atomic E-state index is 14.0. The molecule has 0 saturated heterocycles. The van der Waals surface area contributed by atoms with E-state index in [1.54, 1.807) is 0 Å². The molecule has 0 bridgehead atoms. The van der Waals surface area contributed by atoms with E-state index < -0.39 is 44.8 Å². The smallest absolute Gasteiger partial charge is 0.341 e. The number of aromatic nitrogens is 1. The number of hydrogen-bond donors (Lipinski definition) is 2. The van der Waals surface area contributed by atoms with Crippen LogP contribution >= 0.6 is 27.5 Å². The molecule has 0 aliphatic rings. The molecule has 0 radical (unpaired) electrons. The molecule has 0 amide bonds. The van der Waals surface area contributed by atoms with Gasteiger partial charge in [-0.3, -0.25) is 4.79 Å². The van der Waals surface area contributed by atoms with Crippen molar-refractivity contribution >= 4 is 50.1 Å². The molecule has 5 nitrogen and oxygen atoms in total. The minimum absolute atomic E-state index is 0.0734. The molecule has 1 aromatic heterocycles. The minimum Gasteiger partial charge on any atom is -0.477 e. The number of halogens is 5. The third-order valence-corrected chi connectivity index (χ3v) is 4.66. The number of aromatic carboxylic acids is 1. The third kappa shape index (κ3) is 2.73. The topological polar surface area (TPSA) is 85.3 Å². The molecular weight excluding hydrogens is 441 g/mol. The van der Waals surface area contributed by atoms with Crippen LogP contribution in [0.3, 0.4) is 0 Å². The van der Waals surface area contributed by atoms with E-state index in [1.165, 1.54) is 0 Å². The summed E-state index contributed by atoms with van der Waals surface area (Å²) in [5.41, 5.74) is 3.28. The summed E-state index contributed by atoms with van der Waals surface area (Å²) < 4.78 is 42.4. The van der Waals surface area contributed by atoms with Gasteiger partial charge in [0.25, 0.3) is 0 Å². The van der Waals surface area contributed by atoms with Crippen LogP contribution in [0, 0.1) is 17.5 Å². The van der Waals surface area contributed by atoms with Crippen LogP contribution in [-0.2, 0) is 0 Å². The van der Waals surface area contributed by atoms with Crippen molar-refractivity contribution in [3.05, 3.63) is 67.1 Å². The maximum Gasteiger partial charge on any atom is 0.341 e. The number of nitrogens with zero attached hydrogens (tertiary/aromatic N) is 1. The number of anilines is 1. The van der Waals surface area contributed by atoms with Crippen molar-refractivity contribution in [2.75, 3.05) is 5.73 Å². The van der Waals surface area contributed by atoms with Gasteiger partial charge < -0.3 is 15.4 Å². The number of pyridine rings is 1. The second-order valence-electron chi connectivity index (χ2n) is 5.25. The fraction of sp³-hybridized carbons (Fsp3) is 0. The summed E-state index contributed by atoms with van der Waals surface area (Å²) in [5, 5.41) is 8.06. The van der Waals surface area contributed by atoms with Crippen LogP contribution in [-0.4, -0.2) is 15.6 Å². The largest absolute Gasteiger partial charge is 0.477 e. The van der Waals surface area contributed by atoms with Crippen molar-refractivity contribution in [2.45, 2.75) is 0 Å². The fourth-order valence-corrected chi connectivity index (χ4v) is 3.26. The number of benzene rings is 2. The monoisotopic (exact) mass is 446 g/mol. The first kappa shape index (κ1) is 18.3. The predicted molar refractivity (Wildman–Crippen MR) is 93.5 cm³/mol. The lowest BCUT2D eigenvalue weighted by Crippen LogP contribution is -2.19. The Kier molecular flexibility index (Phi) is 4.45. The highest BCUT2D eigenvalue weighted by Gasteiger charge is 2.22. The second-order valence-corrected chi connectivity index (χ2v) is 6.49. The van der Waals surface area contributed by atoms with E-state index in [-0.39, 0.29) is 21.4 Å². The van der Waals surface area contributed by atoms with Gasteiger partial charge in [-0.2, -0.15) is 0 Å². The zero-order valence-electron chi connectivity index (χ0n) is 12.5. The van der Waals surface area contributed by atoms with Gasteiger partial charge in [-0.05, 0) is 34.1 Å². The maximum absolute atomic E-state index is 14.0. The Bertz CT molecular complexity index is 1160. The molecule has 10 heteroatoms. The number of nitrogen functional groups attached to an aromatic ring is 1. The lowest BCUT2D eigenvalue weighted by molar-refractivity contribution is 0.0695. The molecule has 2 aromatic carbocycles. The number of carboxylic acids is 1. The highest BCUT2D eigenvalue weighted by atomic mass is 79.9. The minimum atomic E-state index is -1.59. The molecule has 3 N–H and O–H groups in total. The molecule has 26 heavy (non-hydrogen) atoms. The van der Waals surface area contributed by atoms with E-state index in [0.717, 1.165) is 22.9 Å². The van der Waals surface area contributed by atoms with Gasteiger partial charge in [0.15, 0.2) is 11.6 Å². The van der Waals surface area contributed by atoms with Crippen LogP contribution in [0.4, 0.5) is 18.9 Å². The van der Waals surface area contributed by atoms with Gasteiger partial charge in [-0.25, -0.2) is 18.0 Å². The van der Waals surface area contributed by atoms with Crippen LogP contribution in [0.15, 0.2) is 33.7 Å². The first-order valence-electron chi connectivity index (χ1n) is 6.84. The second kappa shape index (κ2) is 6.33. The lowest BCUT2D eigenvalue weighted by atomic mass is 10.1. The van der Waals surface area contributed by atoms with Crippen molar-refractivity contribution < 1.29 is 23.1 Å². The lowest BCUT2D eigenvalue weighted by Gasteiger charge is -2.16. The number of nitrogens with two attached hydrogens (primary N) is 1. The Labute approximate surface area is 156 Å². The fourth-order valence-electron chi connectivity index (χ4n) is 2.47. The summed E-state index contributed by atoms with van der Waals surface area (Å²) in [6.45, 7) is 0. The molecule has 0 fully saturated rings. The summed E-state index contributed by atoms with van der Waals surface area (Å²) in [4.78, 5) is 23.7. The van der Waals surface area contributed by atoms with Crippen LogP contribution in [0.25, 0.3) is 16.6 Å². The molecule has 3 aromatic rings. The van der Waals surface area contributed by atoms with Gasteiger partial charge in [-0.15, -0.1) is 0 Å². The Hall–Kier alpha value is -2.52. The van der Waals surface area contributed by atoms with E-state index in [9.17, 15) is 27.9 Å². The SMILES string of the molecule is Nc1cc(-n2cc(C(=O)O)c(=O)c3cc(F)c(F)c(Cl)c32)c(Br)cc1F. The van der Waals surface area contributed by atoms with Gasteiger partial charge in [0.05, 0.1) is 22.3 Å². The van der Waals surface area contributed by atoms with Gasteiger partial charge in [0.1, 0.15) is 16.4 Å². The van der Waals surface area contributed by atoms with Gasteiger partial charge in [0.2, 0.25) is 5.43 Å². The van der Waals surface area contributed by atoms with Gasteiger partial charge in [-0.1, -0.05) is 11.6 Å². The highest BCUT2D eigenvalue weighted by Crippen LogP contribution is 2.33. The van der Waals surface area contributed by atoms with Crippen LogP contribution in [0.2, 0.25) is 5.02 Å². The van der Waals surface area contributed by atoms with E-state index >= 15 is 0 Å². The average molecular weight is 448 g/mol. The third-order valence-electron chi connectivity index (χ3n) is 3.68. The summed E-state index contributed by atoms with van der Waals surface area (Å²) >= 11 is 8.96. The quantitative estimate of drug-likeness (QED) is 0.457. The normalized spacial score (nSPS) is 11.1. The molecule has 0 aliphatic heterocycles. The van der Waals surface area contributed by atoms with Gasteiger partial charge in [0, 0.05) is 10.7 Å². The van der Waals surface area contributed by atoms with Crippen molar-refractivity contribution in [1.82, 2.24) is 4.57 Å². The number of carbonyl (C=O) groups is 1. The average Bonchev–Trinajstić information content (AvgIpc) is 2.57. The molecule has 0 aliphatic carbocycles. The summed E-state index contributed by atoms with van der Waals surface area (Å²) in [7, 11) is 0. The highest BCUT2D eigenvalue weighted by molar-refractivity contribution is 9.10. The molecule has 0 saturated carbocycles. The molecule has 1 heterocycles. The van der Waals surface area contributed by atoms with Crippen molar-refractivity contribution in [2.24, 2.45) is 0 Å². The molecular formula is C16H7BrClF3N2O3. The Morgan fingerprint density at radius 1 is 1.19 bits per heavy atom. The molecule has 134 valence electrons. The molecule has 3 rings (SSSR count). The van der Waals surface area contributed by atoms with Crippen LogP contribution in [0.1, 0.15) is 10.4 Å². The zero-order valence-corrected chi connectivity index (χ0v) is 14.8. The Morgan fingerprint density at radius 3 is 2.46 bits per heavy atom. The van der Waals surface area contributed by atoms with Crippen molar-refractivity contribution in [1.29, 1.82) is 0 Å². The summed E-state index contributed by atoms with van der Waals surface area (Å²) in [6.07, 6.45) is 0.883. The number of fused-ring (bicyclic) bond motifs is 1. The van der Waals surface area contributed by atoms with Crippen molar-refractivity contribution in [3.8, 4) is 5.69 Å². The zero-order chi connectivity index (χ0) is 19.3. The number of hydrogen-bond acceptors (Lipinski definition) is 3. The first-order valence-corrected chi connectivity index (χ1v) is 8.01. The standard InChI is InChI=1S/C16H7BrClF3N2O3/c17-7-2-8(19)10(22)3-11(7)23-4-6(16(25)26)15(24)5-1-9(20)13(21)12(18)14(5)23/h1-4H,22H2,(H,25,26). The Morgan fingerprint density at radius 2 is 1.85 bits per heavy atom. The predicted octanol–water partition coefficient (Wildman–Crippen LogP) is 4.10. The van der Waals surface area contributed by atoms with E-state index in [0.29, 0.717) is 6.07 Å². The summed E-state index contributed by atoms with van der Waals surface area (Å²) in [6, 6.07) is 2.69. The van der Waals surface area contributed by atoms with E-state index in [1.807, 2.05) is 0 Å². The summed E-state index contributed by atoms with van der Waals surface area (Å²) in [5.74, 6) is -5.17. The number of rotatable bonds is 2. The van der Waals surface area contributed by atoms with Gasteiger partial charge >= 0.3 is 5.97 Å². The van der Waals surface area contributed by atoms with Crippen LogP contribution in [0.5, 0.6) is 0 Å².